The Morgan fingerprint density at radius 2 is 1.74 bits per heavy atom. The quantitative estimate of drug-likeness (QED) is 0.637. The molecule has 0 saturated carbocycles. The minimum atomic E-state index is -4.29. The molecule has 0 aliphatic rings. The molecule has 0 fully saturated rings. The first-order valence-electron chi connectivity index (χ1n) is 8.00. The summed E-state index contributed by atoms with van der Waals surface area (Å²) in [5.74, 6) is -1.07. The van der Waals surface area contributed by atoms with E-state index in [4.69, 9.17) is 14.2 Å². The molecular formula is C18H20FNO6S. The van der Waals surface area contributed by atoms with Crippen molar-refractivity contribution in [1.29, 1.82) is 0 Å². The molecule has 0 saturated heterocycles. The lowest BCUT2D eigenvalue weighted by Gasteiger charge is -2.24. The maximum atomic E-state index is 14.3. The van der Waals surface area contributed by atoms with Crippen molar-refractivity contribution in [1.82, 2.24) is 0 Å². The standard InChI is InChI=1S/C18H20FNO6S/c1-4-26-18(21)12-20(15-8-6-5-7-14(15)19)27(22,23)13-9-10-16(24-2)17(11-13)25-3/h5-11H,4,12H2,1-3H3. The third-order valence-corrected chi connectivity index (χ3v) is 5.40. The Labute approximate surface area is 157 Å². The van der Waals surface area contributed by atoms with Crippen molar-refractivity contribution in [2.75, 3.05) is 31.7 Å². The first-order valence-corrected chi connectivity index (χ1v) is 9.44. The lowest BCUT2D eigenvalue weighted by Crippen LogP contribution is -2.37. The van der Waals surface area contributed by atoms with E-state index in [0.717, 1.165) is 6.07 Å². The highest BCUT2D eigenvalue weighted by Gasteiger charge is 2.30. The summed E-state index contributed by atoms with van der Waals surface area (Å²) < 4.78 is 56.3. The highest BCUT2D eigenvalue weighted by atomic mass is 32.2. The van der Waals surface area contributed by atoms with Crippen LogP contribution in [0.25, 0.3) is 0 Å². The number of sulfonamides is 1. The van der Waals surface area contributed by atoms with Crippen LogP contribution in [0.15, 0.2) is 47.4 Å². The van der Waals surface area contributed by atoms with Crippen LogP contribution in [-0.2, 0) is 19.6 Å². The molecule has 2 aromatic rings. The van der Waals surface area contributed by atoms with Gasteiger partial charge in [-0.2, -0.15) is 0 Å². The average molecular weight is 397 g/mol. The summed E-state index contributed by atoms with van der Waals surface area (Å²) in [4.78, 5) is 11.8. The SMILES string of the molecule is CCOC(=O)CN(c1ccccc1F)S(=O)(=O)c1ccc(OC)c(OC)c1. The molecule has 9 heteroatoms. The number of benzene rings is 2. The Morgan fingerprint density at radius 1 is 1.07 bits per heavy atom. The Kier molecular flexibility index (Phi) is 6.62. The fraction of sp³-hybridized carbons (Fsp3) is 0.278. The van der Waals surface area contributed by atoms with Crippen LogP contribution in [0.4, 0.5) is 10.1 Å². The number of nitrogens with zero attached hydrogens (tertiary/aromatic N) is 1. The van der Waals surface area contributed by atoms with Crippen molar-refractivity contribution in [2.24, 2.45) is 0 Å². The van der Waals surface area contributed by atoms with Crippen LogP contribution in [0.2, 0.25) is 0 Å². The predicted molar refractivity (Wildman–Crippen MR) is 97.1 cm³/mol. The lowest BCUT2D eigenvalue weighted by atomic mass is 10.3. The molecule has 0 unspecified atom stereocenters. The minimum absolute atomic E-state index is 0.0698. The maximum absolute atomic E-state index is 14.3. The zero-order valence-electron chi connectivity index (χ0n) is 15.1. The fourth-order valence-electron chi connectivity index (χ4n) is 2.38. The third kappa shape index (κ3) is 4.48. The molecule has 2 aromatic carbocycles. The van der Waals surface area contributed by atoms with E-state index in [1.165, 1.54) is 50.6 Å². The molecule has 0 aliphatic heterocycles. The summed E-state index contributed by atoms with van der Waals surface area (Å²) >= 11 is 0. The second-order valence-corrected chi connectivity index (χ2v) is 7.15. The molecule has 0 heterocycles. The molecule has 27 heavy (non-hydrogen) atoms. The highest BCUT2D eigenvalue weighted by molar-refractivity contribution is 7.92. The Bertz CT molecular complexity index is 916. The monoisotopic (exact) mass is 397 g/mol. The van der Waals surface area contributed by atoms with E-state index in [2.05, 4.69) is 0 Å². The van der Waals surface area contributed by atoms with Gasteiger partial charge in [0.25, 0.3) is 10.0 Å². The molecule has 0 N–H and O–H groups in total. The summed E-state index contributed by atoms with van der Waals surface area (Å²) in [5.41, 5.74) is -0.264. The summed E-state index contributed by atoms with van der Waals surface area (Å²) in [6.07, 6.45) is 0. The number of hydrogen-bond acceptors (Lipinski definition) is 6. The van der Waals surface area contributed by atoms with E-state index in [-0.39, 0.29) is 22.9 Å². The number of carbonyl (C=O) groups excluding carboxylic acids is 1. The van der Waals surface area contributed by atoms with E-state index < -0.39 is 28.4 Å². The van der Waals surface area contributed by atoms with Gasteiger partial charge < -0.3 is 14.2 Å². The first kappa shape index (κ1) is 20.5. The van der Waals surface area contributed by atoms with Gasteiger partial charge in [-0.15, -0.1) is 0 Å². The van der Waals surface area contributed by atoms with Crippen LogP contribution in [-0.4, -0.2) is 41.8 Å². The number of anilines is 1. The van der Waals surface area contributed by atoms with E-state index in [1.807, 2.05) is 0 Å². The van der Waals surface area contributed by atoms with Gasteiger partial charge in [-0.05, 0) is 31.2 Å². The molecule has 0 amide bonds. The number of rotatable bonds is 8. The molecule has 0 spiro atoms. The van der Waals surface area contributed by atoms with Crippen molar-refractivity contribution in [3.05, 3.63) is 48.3 Å². The van der Waals surface area contributed by atoms with Crippen LogP contribution >= 0.6 is 0 Å². The van der Waals surface area contributed by atoms with Gasteiger partial charge in [0.05, 0.1) is 31.4 Å². The van der Waals surface area contributed by atoms with E-state index >= 15 is 0 Å². The van der Waals surface area contributed by atoms with Gasteiger partial charge >= 0.3 is 5.97 Å². The van der Waals surface area contributed by atoms with Crippen LogP contribution in [0.5, 0.6) is 11.5 Å². The van der Waals surface area contributed by atoms with Crippen LogP contribution in [0.1, 0.15) is 6.92 Å². The number of hydrogen-bond donors (Lipinski definition) is 0. The second-order valence-electron chi connectivity index (χ2n) is 5.28. The van der Waals surface area contributed by atoms with Gasteiger partial charge in [0, 0.05) is 6.07 Å². The number of para-hydroxylation sites is 1. The van der Waals surface area contributed by atoms with Crippen molar-refractivity contribution in [2.45, 2.75) is 11.8 Å². The Morgan fingerprint density at radius 3 is 2.33 bits per heavy atom. The van der Waals surface area contributed by atoms with E-state index in [1.54, 1.807) is 6.92 Å². The molecule has 0 aliphatic carbocycles. The number of esters is 1. The molecule has 0 radical (unpaired) electrons. The van der Waals surface area contributed by atoms with Crippen LogP contribution < -0.4 is 13.8 Å². The lowest BCUT2D eigenvalue weighted by molar-refractivity contribution is -0.141. The normalized spacial score (nSPS) is 11.0. The molecule has 146 valence electrons. The van der Waals surface area contributed by atoms with Gasteiger partial charge in [0.1, 0.15) is 12.4 Å². The largest absolute Gasteiger partial charge is 0.493 e. The Hall–Kier alpha value is -2.81. The molecule has 2 rings (SSSR count). The minimum Gasteiger partial charge on any atom is -0.493 e. The smallest absolute Gasteiger partial charge is 0.326 e. The summed E-state index contributed by atoms with van der Waals surface area (Å²) in [5, 5.41) is 0. The van der Waals surface area contributed by atoms with Crippen LogP contribution in [0.3, 0.4) is 0 Å². The van der Waals surface area contributed by atoms with Gasteiger partial charge in [-0.25, -0.2) is 12.8 Å². The molecule has 0 bridgehead atoms. The molecular weight excluding hydrogens is 377 g/mol. The van der Waals surface area contributed by atoms with Gasteiger partial charge in [-0.3, -0.25) is 9.10 Å². The van der Waals surface area contributed by atoms with E-state index in [9.17, 15) is 17.6 Å². The molecule has 0 aromatic heterocycles. The topological polar surface area (TPSA) is 82.1 Å². The maximum Gasteiger partial charge on any atom is 0.326 e. The summed E-state index contributed by atoms with van der Waals surface area (Å²) in [6.45, 7) is 0.986. The Balaban J connectivity index is 2.56. The molecule has 7 nitrogen and oxygen atoms in total. The first-order chi connectivity index (χ1) is 12.8. The van der Waals surface area contributed by atoms with Gasteiger partial charge in [-0.1, -0.05) is 12.1 Å². The third-order valence-electron chi connectivity index (χ3n) is 3.64. The molecule has 0 atom stereocenters. The van der Waals surface area contributed by atoms with Crippen molar-refractivity contribution in [3.63, 3.8) is 0 Å². The second kappa shape index (κ2) is 8.72. The van der Waals surface area contributed by atoms with Gasteiger partial charge in [0.15, 0.2) is 11.5 Å². The van der Waals surface area contributed by atoms with Gasteiger partial charge in [0.2, 0.25) is 0 Å². The number of carbonyl (C=O) groups is 1. The van der Waals surface area contributed by atoms with Crippen molar-refractivity contribution in [3.8, 4) is 11.5 Å². The van der Waals surface area contributed by atoms with Crippen molar-refractivity contribution >= 4 is 21.7 Å². The summed E-state index contributed by atoms with van der Waals surface area (Å²) in [6, 6.07) is 9.22. The number of halogens is 1. The van der Waals surface area contributed by atoms with E-state index in [0.29, 0.717) is 10.1 Å². The average Bonchev–Trinajstić information content (AvgIpc) is 2.66. The zero-order chi connectivity index (χ0) is 20.0. The zero-order valence-corrected chi connectivity index (χ0v) is 16.0. The summed E-state index contributed by atoms with van der Waals surface area (Å²) in [7, 11) is -1.51. The fourth-order valence-corrected chi connectivity index (χ4v) is 3.81. The predicted octanol–water partition coefficient (Wildman–Crippen LogP) is 2.60. The number of methoxy groups -OCH3 is 2. The van der Waals surface area contributed by atoms with Crippen LogP contribution in [0, 0.1) is 5.82 Å². The highest BCUT2D eigenvalue weighted by Crippen LogP contribution is 2.32. The van der Waals surface area contributed by atoms with Crippen molar-refractivity contribution < 1.29 is 31.8 Å². The number of ether oxygens (including phenoxy) is 3.